The number of para-hydroxylation sites is 1. The minimum atomic E-state index is -2.14. The van der Waals surface area contributed by atoms with Crippen LogP contribution in [0.4, 0.5) is 10.5 Å². The molecule has 1 atom stereocenters. The molecule has 2 N–H and O–H groups in total. The van der Waals surface area contributed by atoms with Crippen LogP contribution in [0.15, 0.2) is 30.3 Å². The van der Waals surface area contributed by atoms with Crippen LogP contribution in [0.5, 0.6) is 0 Å². The van der Waals surface area contributed by atoms with Crippen molar-refractivity contribution in [2.24, 2.45) is 0 Å². The number of hydrogen-bond donors (Lipinski definition) is 2. The van der Waals surface area contributed by atoms with E-state index in [2.05, 4.69) is 15.5 Å². The number of rotatable bonds is 5. The van der Waals surface area contributed by atoms with E-state index < -0.39 is 17.8 Å². The first kappa shape index (κ1) is 17.3. The van der Waals surface area contributed by atoms with Gasteiger partial charge in [0, 0.05) is 31.6 Å². The standard InChI is InChI=1S/C16H18N4O4S/c1-11-18-19-13(25-11)7-9-17-15(22)24-16(23)8-10-20(14(16)21)12-5-3-2-4-6-12/h2-6,23H,7-10H2,1H3,(H,17,22)/t16-/m0/s1. The Bertz CT molecular complexity index is 767. The van der Waals surface area contributed by atoms with Crippen LogP contribution in [-0.4, -0.2) is 46.2 Å². The molecule has 0 saturated carbocycles. The molecule has 1 aliphatic heterocycles. The molecule has 8 nitrogen and oxygen atoms in total. The van der Waals surface area contributed by atoms with E-state index in [1.54, 1.807) is 24.3 Å². The average molecular weight is 362 g/mol. The first-order valence-corrected chi connectivity index (χ1v) is 8.65. The van der Waals surface area contributed by atoms with Crippen LogP contribution in [0, 0.1) is 6.92 Å². The summed E-state index contributed by atoms with van der Waals surface area (Å²) in [7, 11) is 0. The molecule has 1 aromatic heterocycles. The van der Waals surface area contributed by atoms with Gasteiger partial charge in [0.2, 0.25) is 0 Å². The summed E-state index contributed by atoms with van der Waals surface area (Å²) in [6.07, 6.45) is -0.320. The summed E-state index contributed by atoms with van der Waals surface area (Å²) < 4.78 is 4.99. The lowest BCUT2D eigenvalue weighted by Gasteiger charge is -2.22. The molecule has 1 fully saturated rings. The second-order valence-electron chi connectivity index (χ2n) is 5.61. The number of alkyl carbamates (subject to hydrolysis) is 1. The summed E-state index contributed by atoms with van der Waals surface area (Å²) in [5.41, 5.74) is 0.652. The third kappa shape index (κ3) is 3.94. The fourth-order valence-corrected chi connectivity index (χ4v) is 3.24. The van der Waals surface area contributed by atoms with Crippen molar-refractivity contribution in [2.45, 2.75) is 25.6 Å². The van der Waals surface area contributed by atoms with Gasteiger partial charge in [-0.25, -0.2) is 4.79 Å². The minimum Gasteiger partial charge on any atom is -0.407 e. The number of carbonyl (C=O) groups excluding carboxylic acids is 2. The number of carbonyl (C=O) groups is 2. The third-order valence-corrected chi connectivity index (χ3v) is 4.66. The highest BCUT2D eigenvalue weighted by Gasteiger charge is 2.49. The first-order chi connectivity index (χ1) is 12.0. The van der Waals surface area contributed by atoms with E-state index in [0.29, 0.717) is 12.1 Å². The Hall–Kier alpha value is -2.52. The second kappa shape index (κ2) is 7.16. The maximum Gasteiger partial charge on any atom is 0.410 e. The van der Waals surface area contributed by atoms with Gasteiger partial charge < -0.3 is 20.1 Å². The molecule has 0 bridgehead atoms. The quantitative estimate of drug-likeness (QED) is 0.776. The van der Waals surface area contributed by atoms with Gasteiger partial charge >= 0.3 is 6.09 Å². The normalized spacial score (nSPS) is 19.9. The zero-order valence-corrected chi connectivity index (χ0v) is 14.5. The Morgan fingerprint density at radius 3 is 2.84 bits per heavy atom. The van der Waals surface area contributed by atoms with E-state index >= 15 is 0 Å². The summed E-state index contributed by atoms with van der Waals surface area (Å²) in [6.45, 7) is 2.40. The molecule has 3 rings (SSSR count). The Kier molecular flexibility index (Phi) is 4.95. The number of benzene rings is 1. The molecule has 2 heterocycles. The van der Waals surface area contributed by atoms with Crippen LogP contribution in [0.3, 0.4) is 0 Å². The summed E-state index contributed by atoms with van der Waals surface area (Å²) in [4.78, 5) is 25.7. The molecule has 2 amide bonds. The predicted octanol–water partition coefficient (Wildman–Crippen LogP) is 1.24. The summed E-state index contributed by atoms with van der Waals surface area (Å²) >= 11 is 1.45. The van der Waals surface area contributed by atoms with Gasteiger partial charge in [-0.3, -0.25) is 4.79 Å². The second-order valence-corrected chi connectivity index (χ2v) is 6.87. The van der Waals surface area contributed by atoms with Crippen molar-refractivity contribution < 1.29 is 19.4 Å². The lowest BCUT2D eigenvalue weighted by molar-refractivity contribution is -0.175. The Morgan fingerprint density at radius 1 is 1.40 bits per heavy atom. The number of aryl methyl sites for hydroxylation is 1. The van der Waals surface area contributed by atoms with Gasteiger partial charge in [0.1, 0.15) is 10.0 Å². The lowest BCUT2D eigenvalue weighted by Crippen LogP contribution is -2.46. The highest BCUT2D eigenvalue weighted by atomic mass is 32.1. The van der Waals surface area contributed by atoms with Gasteiger partial charge in [-0.15, -0.1) is 21.5 Å². The number of ether oxygens (including phenoxy) is 1. The number of amides is 2. The zero-order valence-electron chi connectivity index (χ0n) is 13.6. The molecule has 25 heavy (non-hydrogen) atoms. The van der Waals surface area contributed by atoms with Crippen LogP contribution in [0.1, 0.15) is 16.4 Å². The zero-order chi connectivity index (χ0) is 17.9. The Balaban J connectivity index is 1.53. The van der Waals surface area contributed by atoms with Crippen LogP contribution >= 0.6 is 11.3 Å². The monoisotopic (exact) mass is 362 g/mol. The van der Waals surface area contributed by atoms with Crippen molar-refractivity contribution >= 4 is 29.0 Å². The SMILES string of the molecule is Cc1nnc(CCNC(=O)O[C@@]2(O)CCN(c3ccccc3)C2=O)s1. The van der Waals surface area contributed by atoms with Crippen molar-refractivity contribution in [2.75, 3.05) is 18.0 Å². The number of hydrogen-bond acceptors (Lipinski definition) is 7. The fourth-order valence-electron chi connectivity index (χ4n) is 2.53. The maximum atomic E-state index is 12.4. The molecule has 0 aliphatic carbocycles. The Labute approximate surface area is 148 Å². The number of anilines is 1. The van der Waals surface area contributed by atoms with Gasteiger partial charge in [0.05, 0.1) is 0 Å². The molecule has 2 aromatic rings. The van der Waals surface area contributed by atoms with Crippen molar-refractivity contribution in [3.8, 4) is 0 Å². The number of nitrogens with one attached hydrogen (secondary N) is 1. The van der Waals surface area contributed by atoms with Crippen LogP contribution in [0.25, 0.3) is 0 Å². The lowest BCUT2D eigenvalue weighted by atomic mass is 10.2. The molecule has 1 aliphatic rings. The average Bonchev–Trinajstić information content (AvgIpc) is 3.12. The summed E-state index contributed by atoms with van der Waals surface area (Å²) in [5.74, 6) is -2.78. The van der Waals surface area contributed by atoms with Crippen molar-refractivity contribution in [3.05, 3.63) is 40.3 Å². The minimum absolute atomic E-state index is 0.0176. The van der Waals surface area contributed by atoms with Crippen LogP contribution < -0.4 is 10.2 Å². The van der Waals surface area contributed by atoms with Crippen molar-refractivity contribution in [1.82, 2.24) is 15.5 Å². The van der Waals surface area contributed by atoms with Gasteiger partial charge in [-0.05, 0) is 19.1 Å². The van der Waals surface area contributed by atoms with Crippen molar-refractivity contribution in [3.63, 3.8) is 0 Å². The first-order valence-electron chi connectivity index (χ1n) is 7.83. The third-order valence-electron chi connectivity index (χ3n) is 3.76. The molecule has 0 unspecified atom stereocenters. The van der Waals surface area contributed by atoms with Gasteiger partial charge in [-0.2, -0.15) is 0 Å². The summed E-state index contributed by atoms with van der Waals surface area (Å²) in [6, 6.07) is 8.94. The largest absolute Gasteiger partial charge is 0.410 e. The smallest absolute Gasteiger partial charge is 0.407 e. The van der Waals surface area contributed by atoms with Gasteiger partial charge in [-0.1, -0.05) is 18.2 Å². The number of nitrogens with zero attached hydrogens (tertiary/aromatic N) is 3. The molecule has 1 saturated heterocycles. The molecular weight excluding hydrogens is 344 g/mol. The fraction of sp³-hybridized carbons (Fsp3) is 0.375. The molecule has 132 valence electrons. The molecule has 0 spiro atoms. The van der Waals surface area contributed by atoms with Crippen LogP contribution in [0.2, 0.25) is 0 Å². The van der Waals surface area contributed by atoms with E-state index in [4.69, 9.17) is 4.74 Å². The maximum absolute atomic E-state index is 12.4. The topological polar surface area (TPSA) is 105 Å². The Morgan fingerprint density at radius 2 is 2.16 bits per heavy atom. The highest BCUT2D eigenvalue weighted by Crippen LogP contribution is 2.29. The molecule has 1 aromatic carbocycles. The molecular formula is C16H18N4O4S. The van der Waals surface area contributed by atoms with E-state index in [1.807, 2.05) is 13.0 Å². The van der Waals surface area contributed by atoms with E-state index in [-0.39, 0.29) is 19.5 Å². The molecule has 0 radical (unpaired) electrons. The van der Waals surface area contributed by atoms with Gasteiger partial charge in [0.15, 0.2) is 0 Å². The van der Waals surface area contributed by atoms with E-state index in [9.17, 15) is 14.7 Å². The highest BCUT2D eigenvalue weighted by molar-refractivity contribution is 7.11. The predicted molar refractivity (Wildman–Crippen MR) is 91.2 cm³/mol. The van der Waals surface area contributed by atoms with Crippen LogP contribution in [-0.2, 0) is 16.0 Å². The van der Waals surface area contributed by atoms with E-state index in [1.165, 1.54) is 16.2 Å². The summed E-state index contributed by atoms with van der Waals surface area (Å²) in [5, 5.41) is 22.4. The number of aromatic nitrogens is 2. The molecule has 9 heteroatoms. The number of aliphatic hydroxyl groups is 1. The van der Waals surface area contributed by atoms with Gasteiger partial charge in [0.25, 0.3) is 11.7 Å². The van der Waals surface area contributed by atoms with Crippen molar-refractivity contribution in [1.29, 1.82) is 0 Å². The van der Waals surface area contributed by atoms with E-state index in [0.717, 1.165) is 10.0 Å².